The second-order valence-electron chi connectivity index (χ2n) is 4.38. The zero-order chi connectivity index (χ0) is 13.8. The maximum Gasteiger partial charge on any atom is 0.415 e. The lowest BCUT2D eigenvalue weighted by Gasteiger charge is -2.33. The second-order valence-corrected chi connectivity index (χ2v) is 4.57. The van der Waals surface area contributed by atoms with Crippen molar-refractivity contribution in [1.29, 1.82) is 0 Å². The average molecular weight is 266 g/mol. The van der Waals surface area contributed by atoms with Crippen molar-refractivity contribution in [3.8, 4) is 0 Å². The summed E-state index contributed by atoms with van der Waals surface area (Å²) in [4.78, 5) is 25.2. The Kier molecular flexibility index (Phi) is 4.47. The van der Waals surface area contributed by atoms with E-state index in [1.165, 1.54) is 24.4 Å². The van der Waals surface area contributed by atoms with Crippen LogP contribution >= 0.6 is 12.2 Å². The Morgan fingerprint density at radius 3 is 2.56 bits per heavy atom. The normalized spacial score (nSPS) is 10.4. The van der Waals surface area contributed by atoms with Crippen LogP contribution in [0, 0.1) is 0 Å². The Bertz CT molecular complexity index is 492. The van der Waals surface area contributed by atoms with Gasteiger partial charge in [0.15, 0.2) is 5.82 Å². The average Bonchev–Trinajstić information content (AvgIpc) is 2.30. The maximum absolute atomic E-state index is 11.9. The van der Waals surface area contributed by atoms with E-state index >= 15 is 0 Å². The molecule has 0 aliphatic heterocycles. The topological polar surface area (TPSA) is 67.7 Å². The summed E-state index contributed by atoms with van der Waals surface area (Å²) in [5, 5.41) is 2.21. The Balaban J connectivity index is 3.38. The monoisotopic (exact) mass is 266 g/mol. The van der Waals surface area contributed by atoms with E-state index in [4.69, 9.17) is 4.74 Å². The van der Waals surface area contributed by atoms with Gasteiger partial charge in [0.1, 0.15) is 0 Å². The minimum absolute atomic E-state index is 0.229. The zero-order valence-electron chi connectivity index (χ0n) is 10.7. The molecule has 1 heterocycles. The van der Waals surface area contributed by atoms with Crippen molar-refractivity contribution in [1.82, 2.24) is 9.97 Å². The molecule has 0 saturated heterocycles. The van der Waals surface area contributed by atoms with Crippen LogP contribution in [0.15, 0.2) is 17.4 Å². The van der Waals surface area contributed by atoms with Crippen LogP contribution in [-0.4, -0.2) is 33.9 Å². The summed E-state index contributed by atoms with van der Waals surface area (Å²) in [5.41, 5.74) is -0.533. The summed E-state index contributed by atoms with van der Waals surface area (Å²) in [5.74, 6) is 0.516. The molecule has 96 valence electrons. The molecule has 1 rings (SSSR count). The highest BCUT2D eigenvalue weighted by Gasteiger charge is 2.32. The largest absolute Gasteiger partial charge is 0.452 e. The van der Waals surface area contributed by atoms with Gasteiger partial charge in [-0.25, -0.2) is 14.8 Å². The third kappa shape index (κ3) is 3.09. The number of thiocarbonyl (C=S) groups is 1. The van der Waals surface area contributed by atoms with Crippen molar-refractivity contribution in [2.75, 3.05) is 12.0 Å². The Hall–Kier alpha value is -1.85. The molecular formula is C11H14N4O2S. The van der Waals surface area contributed by atoms with Crippen LogP contribution in [-0.2, 0) is 4.74 Å². The number of nitrogens with zero attached hydrogens (tertiary/aromatic N) is 4. The quantitative estimate of drug-likeness (QED) is 0.608. The fourth-order valence-corrected chi connectivity index (χ4v) is 1.46. The van der Waals surface area contributed by atoms with Gasteiger partial charge in [0, 0.05) is 17.9 Å². The molecule has 0 N–H and O–H groups in total. The molecule has 0 fully saturated rings. The zero-order valence-corrected chi connectivity index (χ0v) is 11.5. The molecule has 0 aliphatic rings. The van der Waals surface area contributed by atoms with Gasteiger partial charge in [0.25, 0.3) is 0 Å². The fraction of sp³-hybridized carbons (Fsp3) is 0.455. The molecule has 0 aromatic carbocycles. The van der Waals surface area contributed by atoms with E-state index < -0.39 is 11.6 Å². The molecule has 18 heavy (non-hydrogen) atoms. The standard InChI is InChI=1S/C11H14N4O2S/c1-11(2,3)15(10(16)17-4)9-8(14-7-18)12-5-6-13-9/h5-6H,1-4H3. The van der Waals surface area contributed by atoms with E-state index in [0.717, 1.165) is 0 Å². The van der Waals surface area contributed by atoms with E-state index in [1.807, 2.05) is 20.8 Å². The van der Waals surface area contributed by atoms with Crippen LogP contribution in [0.2, 0.25) is 0 Å². The van der Waals surface area contributed by atoms with E-state index in [-0.39, 0.29) is 11.6 Å². The third-order valence-corrected chi connectivity index (χ3v) is 2.14. The highest BCUT2D eigenvalue weighted by Crippen LogP contribution is 2.29. The molecule has 0 bridgehead atoms. The Morgan fingerprint density at radius 2 is 2.06 bits per heavy atom. The molecule has 0 radical (unpaired) electrons. The number of aliphatic imine (C=N–C) groups is 1. The lowest BCUT2D eigenvalue weighted by atomic mass is 10.1. The number of rotatable bonds is 2. The highest BCUT2D eigenvalue weighted by molar-refractivity contribution is 7.78. The van der Waals surface area contributed by atoms with Crippen LogP contribution in [0.4, 0.5) is 16.4 Å². The first-order chi connectivity index (χ1) is 8.41. The second kappa shape index (κ2) is 5.66. The van der Waals surface area contributed by atoms with Gasteiger partial charge in [0.2, 0.25) is 5.82 Å². The Morgan fingerprint density at radius 1 is 1.44 bits per heavy atom. The number of ether oxygens (including phenoxy) is 1. The van der Waals surface area contributed by atoms with Crippen LogP contribution < -0.4 is 4.90 Å². The van der Waals surface area contributed by atoms with Crippen LogP contribution in [0.5, 0.6) is 0 Å². The number of aromatic nitrogens is 2. The van der Waals surface area contributed by atoms with Crippen molar-refractivity contribution in [2.45, 2.75) is 26.3 Å². The first-order valence-electron chi connectivity index (χ1n) is 5.19. The summed E-state index contributed by atoms with van der Waals surface area (Å²) in [7, 11) is 1.31. The van der Waals surface area contributed by atoms with Crippen molar-refractivity contribution < 1.29 is 9.53 Å². The molecule has 0 aliphatic carbocycles. The lowest BCUT2D eigenvalue weighted by molar-refractivity contribution is 0.172. The molecular weight excluding hydrogens is 252 g/mol. The summed E-state index contributed by atoms with van der Waals surface area (Å²) in [6.45, 7) is 5.55. The van der Waals surface area contributed by atoms with Gasteiger partial charge in [-0.1, -0.05) is 0 Å². The van der Waals surface area contributed by atoms with Gasteiger partial charge in [-0.15, -0.1) is 0 Å². The van der Waals surface area contributed by atoms with E-state index in [9.17, 15) is 4.79 Å². The van der Waals surface area contributed by atoms with Crippen LogP contribution in [0.25, 0.3) is 0 Å². The van der Waals surface area contributed by atoms with E-state index in [0.29, 0.717) is 0 Å². The minimum Gasteiger partial charge on any atom is -0.452 e. The highest BCUT2D eigenvalue weighted by atomic mass is 32.1. The smallest absolute Gasteiger partial charge is 0.415 e. The van der Waals surface area contributed by atoms with Crippen LogP contribution in [0.3, 0.4) is 0 Å². The molecule has 0 atom stereocenters. The molecule has 1 aromatic rings. The van der Waals surface area contributed by atoms with Gasteiger partial charge in [0.05, 0.1) is 12.3 Å². The number of hydrogen-bond donors (Lipinski definition) is 0. The summed E-state index contributed by atoms with van der Waals surface area (Å²) in [6, 6.07) is 0. The van der Waals surface area contributed by atoms with Gasteiger partial charge in [-0.05, 0) is 33.0 Å². The number of amides is 1. The molecule has 1 aromatic heterocycles. The van der Waals surface area contributed by atoms with Crippen molar-refractivity contribution >= 4 is 35.1 Å². The first kappa shape index (κ1) is 14.2. The Labute approximate surface area is 111 Å². The number of isothiocyanates is 1. The molecule has 1 amide bonds. The lowest BCUT2D eigenvalue weighted by Crippen LogP contribution is -2.46. The number of anilines is 1. The number of hydrogen-bond acceptors (Lipinski definition) is 6. The van der Waals surface area contributed by atoms with Crippen LogP contribution in [0.1, 0.15) is 20.8 Å². The van der Waals surface area contributed by atoms with Crippen molar-refractivity contribution in [2.24, 2.45) is 4.99 Å². The van der Waals surface area contributed by atoms with Gasteiger partial charge in [-0.2, -0.15) is 4.99 Å². The predicted molar refractivity (Wildman–Crippen MR) is 71.4 cm³/mol. The number of methoxy groups -OCH3 is 1. The molecule has 0 unspecified atom stereocenters. The van der Waals surface area contributed by atoms with Gasteiger partial charge >= 0.3 is 6.09 Å². The molecule has 0 spiro atoms. The van der Waals surface area contributed by atoms with Gasteiger partial charge < -0.3 is 4.74 Å². The first-order valence-corrected chi connectivity index (χ1v) is 5.59. The predicted octanol–water partition coefficient (Wildman–Crippen LogP) is 2.58. The summed E-state index contributed by atoms with van der Waals surface area (Å²) < 4.78 is 4.76. The fourth-order valence-electron chi connectivity index (χ4n) is 1.37. The number of carbonyl (C=O) groups excluding carboxylic acids is 1. The third-order valence-electron chi connectivity index (χ3n) is 2.05. The molecule has 6 nitrogen and oxygen atoms in total. The van der Waals surface area contributed by atoms with Gasteiger partial charge in [-0.3, -0.25) is 4.90 Å². The van der Waals surface area contributed by atoms with E-state index in [2.05, 4.69) is 32.3 Å². The minimum atomic E-state index is -0.538. The molecule has 7 heteroatoms. The molecule has 0 saturated carbocycles. The number of carbonyl (C=O) groups is 1. The van der Waals surface area contributed by atoms with Crippen molar-refractivity contribution in [3.63, 3.8) is 0 Å². The summed E-state index contributed by atoms with van der Waals surface area (Å²) in [6.07, 6.45) is 2.40. The van der Waals surface area contributed by atoms with E-state index in [1.54, 1.807) is 0 Å². The summed E-state index contributed by atoms with van der Waals surface area (Å²) >= 11 is 4.55. The SMILES string of the molecule is COC(=O)N(c1nccnc1N=C=S)C(C)(C)C. The van der Waals surface area contributed by atoms with Crippen molar-refractivity contribution in [3.05, 3.63) is 12.4 Å². The maximum atomic E-state index is 11.9.